The smallest absolute Gasteiger partial charge is 0.354 e. The quantitative estimate of drug-likeness (QED) is 0.835. The van der Waals surface area contributed by atoms with Gasteiger partial charge in [-0.25, -0.2) is 0 Å². The Morgan fingerprint density at radius 2 is 1.86 bits per heavy atom. The Kier molecular flexibility index (Phi) is 3.86. The minimum atomic E-state index is -4.48. The van der Waals surface area contributed by atoms with Crippen molar-refractivity contribution in [1.29, 1.82) is 5.26 Å². The van der Waals surface area contributed by atoms with Crippen LogP contribution < -0.4 is 5.32 Å². The summed E-state index contributed by atoms with van der Waals surface area (Å²) in [5.74, 6) is 2.46. The molecule has 0 unspecified atom stereocenters. The number of rotatable bonds is 2. The first kappa shape index (κ1) is 14.5. The molecule has 2 nitrogen and oxygen atoms in total. The molecule has 0 atom stereocenters. The van der Waals surface area contributed by atoms with Crippen LogP contribution in [0.5, 0.6) is 0 Å². The molecule has 2 aromatic rings. The van der Waals surface area contributed by atoms with Crippen LogP contribution in [0.3, 0.4) is 0 Å². The maximum atomic E-state index is 12.6. The first-order chi connectivity index (χ1) is 9.94. The Bertz CT molecular complexity index is 749. The lowest BCUT2D eigenvalue weighted by Crippen LogP contribution is -2.06. The summed E-state index contributed by atoms with van der Waals surface area (Å²) in [7, 11) is 0. The van der Waals surface area contributed by atoms with Crippen molar-refractivity contribution in [2.45, 2.75) is 6.18 Å². The molecular weight excluding hydrogens is 277 g/mol. The molecule has 0 radical (unpaired) electrons. The molecule has 0 aliphatic carbocycles. The molecule has 2 rings (SSSR count). The highest BCUT2D eigenvalue weighted by molar-refractivity contribution is 5.68. The van der Waals surface area contributed by atoms with E-state index in [0.29, 0.717) is 16.9 Å². The molecule has 0 aromatic heterocycles. The average Bonchev–Trinajstić information content (AvgIpc) is 2.46. The van der Waals surface area contributed by atoms with Crippen LogP contribution >= 0.6 is 0 Å². The van der Waals surface area contributed by atoms with Crippen LogP contribution in [0, 0.1) is 23.7 Å². The number of alkyl halides is 3. The number of terminal acetylenes is 1. The lowest BCUT2D eigenvalue weighted by atomic mass is 10.1. The highest BCUT2D eigenvalue weighted by atomic mass is 19.4. The largest absolute Gasteiger partial charge is 0.416 e. The first-order valence-corrected chi connectivity index (χ1v) is 5.89. The van der Waals surface area contributed by atoms with Crippen molar-refractivity contribution in [2.75, 3.05) is 5.32 Å². The van der Waals surface area contributed by atoms with Gasteiger partial charge in [0.25, 0.3) is 0 Å². The Labute approximate surface area is 119 Å². The van der Waals surface area contributed by atoms with E-state index < -0.39 is 11.7 Å². The zero-order valence-corrected chi connectivity index (χ0v) is 10.7. The van der Waals surface area contributed by atoms with Crippen LogP contribution in [-0.4, -0.2) is 0 Å². The summed E-state index contributed by atoms with van der Waals surface area (Å²) in [6.07, 6.45) is 0.802. The SMILES string of the molecule is C#Cc1cccc(Nc2ccc(C(F)(F)F)cc2C#N)c1. The molecule has 0 saturated carbocycles. The molecule has 2 aromatic carbocycles. The maximum absolute atomic E-state index is 12.6. The number of hydrogen-bond acceptors (Lipinski definition) is 2. The van der Waals surface area contributed by atoms with Crippen molar-refractivity contribution in [3.05, 3.63) is 59.2 Å². The van der Waals surface area contributed by atoms with Crippen LogP contribution in [-0.2, 0) is 6.18 Å². The van der Waals surface area contributed by atoms with E-state index in [1.54, 1.807) is 30.3 Å². The molecule has 0 aliphatic rings. The van der Waals surface area contributed by atoms with Crippen LogP contribution in [0.2, 0.25) is 0 Å². The molecule has 0 bridgehead atoms. The second-order valence-corrected chi connectivity index (χ2v) is 4.22. The summed E-state index contributed by atoms with van der Waals surface area (Å²) in [6.45, 7) is 0. The summed E-state index contributed by atoms with van der Waals surface area (Å²) >= 11 is 0. The molecule has 104 valence electrons. The van der Waals surface area contributed by atoms with Gasteiger partial charge in [-0.3, -0.25) is 0 Å². The van der Waals surface area contributed by atoms with E-state index in [-0.39, 0.29) is 5.56 Å². The maximum Gasteiger partial charge on any atom is 0.416 e. The van der Waals surface area contributed by atoms with Gasteiger partial charge >= 0.3 is 6.18 Å². The number of anilines is 2. The van der Waals surface area contributed by atoms with Crippen molar-refractivity contribution >= 4 is 11.4 Å². The Hall–Kier alpha value is -2.92. The third-order valence-electron chi connectivity index (χ3n) is 2.78. The van der Waals surface area contributed by atoms with Crippen molar-refractivity contribution in [1.82, 2.24) is 0 Å². The second kappa shape index (κ2) is 5.60. The fourth-order valence-corrected chi connectivity index (χ4v) is 1.76. The first-order valence-electron chi connectivity index (χ1n) is 5.89. The molecular formula is C16H9F3N2. The third-order valence-corrected chi connectivity index (χ3v) is 2.78. The summed E-state index contributed by atoms with van der Waals surface area (Å²) in [5, 5.41) is 11.9. The predicted octanol–water partition coefficient (Wildman–Crippen LogP) is 4.30. The fourth-order valence-electron chi connectivity index (χ4n) is 1.76. The van der Waals surface area contributed by atoms with Crippen LogP contribution in [0.25, 0.3) is 0 Å². The van der Waals surface area contributed by atoms with E-state index in [2.05, 4.69) is 11.2 Å². The van der Waals surface area contributed by atoms with Gasteiger partial charge in [0.1, 0.15) is 6.07 Å². The second-order valence-electron chi connectivity index (χ2n) is 4.22. The molecule has 21 heavy (non-hydrogen) atoms. The van der Waals surface area contributed by atoms with Gasteiger partial charge in [0.15, 0.2) is 0 Å². The van der Waals surface area contributed by atoms with E-state index in [1.165, 1.54) is 6.07 Å². The zero-order chi connectivity index (χ0) is 15.5. The highest BCUT2D eigenvalue weighted by Gasteiger charge is 2.31. The monoisotopic (exact) mass is 286 g/mol. The lowest BCUT2D eigenvalue weighted by Gasteiger charge is -2.12. The molecule has 1 N–H and O–H groups in total. The van der Waals surface area contributed by atoms with Gasteiger partial charge in [-0.2, -0.15) is 18.4 Å². The van der Waals surface area contributed by atoms with E-state index in [0.717, 1.165) is 12.1 Å². The van der Waals surface area contributed by atoms with E-state index in [9.17, 15) is 13.2 Å². The van der Waals surface area contributed by atoms with Crippen LogP contribution in [0.15, 0.2) is 42.5 Å². The number of nitrogens with one attached hydrogen (secondary N) is 1. The number of hydrogen-bond donors (Lipinski definition) is 1. The molecule has 0 saturated heterocycles. The topological polar surface area (TPSA) is 35.8 Å². The van der Waals surface area contributed by atoms with Gasteiger partial charge in [-0.15, -0.1) is 6.42 Å². The summed E-state index contributed by atoms with van der Waals surface area (Å²) < 4.78 is 37.8. The Balaban J connectivity index is 2.37. The summed E-state index contributed by atoms with van der Waals surface area (Å²) in [6, 6.07) is 11.5. The van der Waals surface area contributed by atoms with Crippen LogP contribution in [0.4, 0.5) is 24.5 Å². The molecule has 0 fully saturated rings. The Morgan fingerprint density at radius 1 is 1.10 bits per heavy atom. The lowest BCUT2D eigenvalue weighted by molar-refractivity contribution is -0.137. The third kappa shape index (κ3) is 3.34. The van der Waals surface area contributed by atoms with Crippen molar-refractivity contribution in [2.24, 2.45) is 0 Å². The predicted molar refractivity (Wildman–Crippen MR) is 73.8 cm³/mol. The van der Waals surface area contributed by atoms with Crippen molar-refractivity contribution in [3.8, 4) is 18.4 Å². The molecule has 0 heterocycles. The van der Waals surface area contributed by atoms with Gasteiger partial charge < -0.3 is 5.32 Å². The van der Waals surface area contributed by atoms with Crippen molar-refractivity contribution in [3.63, 3.8) is 0 Å². The minimum absolute atomic E-state index is 0.0871. The minimum Gasteiger partial charge on any atom is -0.354 e. The zero-order valence-electron chi connectivity index (χ0n) is 10.7. The number of nitriles is 1. The van der Waals surface area contributed by atoms with Gasteiger partial charge in [0, 0.05) is 11.3 Å². The normalized spacial score (nSPS) is 10.5. The van der Waals surface area contributed by atoms with E-state index >= 15 is 0 Å². The fraction of sp³-hybridized carbons (Fsp3) is 0.0625. The molecule has 0 amide bonds. The number of benzene rings is 2. The molecule has 0 spiro atoms. The van der Waals surface area contributed by atoms with Gasteiger partial charge in [0.05, 0.1) is 16.8 Å². The number of nitrogens with zero attached hydrogens (tertiary/aromatic N) is 1. The van der Waals surface area contributed by atoms with Crippen molar-refractivity contribution < 1.29 is 13.2 Å². The standard InChI is InChI=1S/C16H9F3N2/c1-2-11-4-3-5-14(8-11)21-15-7-6-13(16(17,18)19)9-12(15)10-20/h1,3-9,21H. The summed E-state index contributed by atoms with van der Waals surface area (Å²) in [4.78, 5) is 0. The summed E-state index contributed by atoms with van der Waals surface area (Å²) in [5.41, 5.74) is 0.574. The molecule has 5 heteroatoms. The van der Waals surface area contributed by atoms with E-state index in [1.807, 2.05) is 0 Å². The van der Waals surface area contributed by atoms with E-state index in [4.69, 9.17) is 11.7 Å². The van der Waals surface area contributed by atoms with Gasteiger partial charge in [-0.1, -0.05) is 12.0 Å². The highest BCUT2D eigenvalue weighted by Crippen LogP contribution is 2.32. The van der Waals surface area contributed by atoms with Crippen LogP contribution in [0.1, 0.15) is 16.7 Å². The molecule has 0 aliphatic heterocycles. The average molecular weight is 286 g/mol. The van der Waals surface area contributed by atoms with Gasteiger partial charge in [-0.05, 0) is 36.4 Å². The van der Waals surface area contributed by atoms with Gasteiger partial charge in [0.2, 0.25) is 0 Å². The number of halogens is 3. The Morgan fingerprint density at radius 3 is 2.48 bits per heavy atom.